The molecule has 2 bridgehead atoms. The van der Waals surface area contributed by atoms with E-state index in [1.165, 1.54) is 12.8 Å². The van der Waals surface area contributed by atoms with Crippen LogP contribution in [0, 0.1) is 28.6 Å². The van der Waals surface area contributed by atoms with Crippen molar-refractivity contribution in [3.05, 3.63) is 0 Å². The second-order valence-electron chi connectivity index (χ2n) is 6.26. The molecule has 0 aliphatic heterocycles. The summed E-state index contributed by atoms with van der Waals surface area (Å²) in [5, 5.41) is 0. The Hall–Kier alpha value is 0. The average molecular weight is 166 g/mol. The van der Waals surface area contributed by atoms with Crippen LogP contribution in [0.25, 0.3) is 0 Å². The second-order valence-corrected chi connectivity index (χ2v) is 6.26. The van der Waals surface area contributed by atoms with Gasteiger partial charge in [-0.3, -0.25) is 0 Å². The van der Waals surface area contributed by atoms with Crippen molar-refractivity contribution in [3.8, 4) is 0 Å². The van der Waals surface area contributed by atoms with Crippen LogP contribution in [0.15, 0.2) is 0 Å². The molecule has 3 aliphatic carbocycles. The van der Waals surface area contributed by atoms with Crippen LogP contribution in [0.4, 0.5) is 0 Å². The van der Waals surface area contributed by atoms with Crippen molar-refractivity contribution in [1.29, 1.82) is 0 Å². The van der Waals surface area contributed by atoms with E-state index >= 15 is 0 Å². The minimum Gasteiger partial charge on any atom is -0.0620 e. The fraction of sp³-hybridized carbons (Fsp3) is 1.00. The van der Waals surface area contributed by atoms with Crippen LogP contribution in [0.5, 0.6) is 0 Å². The highest BCUT2D eigenvalue weighted by Gasteiger charge is 2.59. The molecule has 3 rings (SSSR count). The third-order valence-electron chi connectivity index (χ3n) is 5.28. The van der Waals surface area contributed by atoms with Crippen molar-refractivity contribution in [3.63, 3.8) is 0 Å². The fourth-order valence-corrected chi connectivity index (χ4v) is 3.75. The first kappa shape index (κ1) is 8.59. The van der Waals surface area contributed by atoms with Crippen LogP contribution in [-0.4, -0.2) is 0 Å². The van der Waals surface area contributed by atoms with E-state index in [2.05, 4.69) is 34.6 Å². The molecule has 0 heteroatoms. The fourth-order valence-electron chi connectivity index (χ4n) is 3.75. The predicted molar refractivity (Wildman–Crippen MR) is 52.9 cm³/mol. The number of hydrogen-bond acceptors (Lipinski definition) is 0. The van der Waals surface area contributed by atoms with Gasteiger partial charge in [-0.25, -0.2) is 0 Å². The maximum absolute atomic E-state index is 2.47. The summed E-state index contributed by atoms with van der Waals surface area (Å²) < 4.78 is 0. The summed E-state index contributed by atoms with van der Waals surface area (Å²) in [6.45, 7) is 12.3. The van der Waals surface area contributed by atoms with Gasteiger partial charge < -0.3 is 0 Å². The number of hydrogen-bond donors (Lipinski definition) is 0. The first-order chi connectivity index (χ1) is 5.37. The molecule has 0 radical (unpaired) electrons. The summed E-state index contributed by atoms with van der Waals surface area (Å²) in [4.78, 5) is 0. The molecule has 0 aromatic rings. The van der Waals surface area contributed by atoms with Crippen molar-refractivity contribution >= 4 is 0 Å². The minimum atomic E-state index is 0.595. The quantitative estimate of drug-likeness (QED) is 0.514. The minimum absolute atomic E-state index is 0.595. The third-order valence-corrected chi connectivity index (χ3v) is 5.28. The molecular weight excluding hydrogens is 144 g/mol. The molecule has 0 spiro atoms. The highest BCUT2D eigenvalue weighted by Crippen LogP contribution is 2.67. The highest BCUT2D eigenvalue weighted by atomic mass is 14.6. The van der Waals surface area contributed by atoms with E-state index in [1.807, 2.05) is 0 Å². The normalized spacial score (nSPS) is 48.2. The Morgan fingerprint density at radius 2 is 1.50 bits per heavy atom. The summed E-state index contributed by atoms with van der Waals surface area (Å²) >= 11 is 0. The van der Waals surface area contributed by atoms with Crippen LogP contribution in [0.2, 0.25) is 0 Å². The molecule has 1 unspecified atom stereocenters. The molecule has 0 saturated heterocycles. The highest BCUT2D eigenvalue weighted by molar-refractivity contribution is 5.08. The van der Waals surface area contributed by atoms with E-state index in [0.29, 0.717) is 10.8 Å². The lowest BCUT2D eigenvalue weighted by atomic mass is 9.39. The first-order valence-corrected chi connectivity index (χ1v) is 5.37. The van der Waals surface area contributed by atoms with Gasteiger partial charge in [-0.15, -0.1) is 0 Å². The van der Waals surface area contributed by atoms with Crippen LogP contribution >= 0.6 is 0 Å². The molecule has 12 heavy (non-hydrogen) atoms. The zero-order valence-electron chi connectivity index (χ0n) is 9.15. The Morgan fingerprint density at radius 1 is 0.917 bits per heavy atom. The van der Waals surface area contributed by atoms with Gasteiger partial charge >= 0.3 is 0 Å². The van der Waals surface area contributed by atoms with E-state index in [4.69, 9.17) is 0 Å². The Bertz CT molecular complexity index is 200. The van der Waals surface area contributed by atoms with Gasteiger partial charge in [-0.1, -0.05) is 34.6 Å². The zero-order chi connectivity index (χ0) is 9.15. The Labute approximate surface area is 76.7 Å². The summed E-state index contributed by atoms with van der Waals surface area (Å²) in [5.74, 6) is 2.96. The van der Waals surface area contributed by atoms with Gasteiger partial charge in [0.2, 0.25) is 0 Å². The van der Waals surface area contributed by atoms with Gasteiger partial charge in [0.1, 0.15) is 0 Å². The van der Waals surface area contributed by atoms with Crippen LogP contribution in [-0.2, 0) is 0 Å². The smallest absolute Gasteiger partial charge is 0.0292 e. The summed E-state index contributed by atoms with van der Waals surface area (Å²) in [6.07, 6.45) is 2.97. The van der Waals surface area contributed by atoms with Crippen molar-refractivity contribution in [2.75, 3.05) is 0 Å². The molecule has 0 heterocycles. The van der Waals surface area contributed by atoms with Gasteiger partial charge in [0.25, 0.3) is 0 Å². The third kappa shape index (κ3) is 0.791. The van der Waals surface area contributed by atoms with Gasteiger partial charge in [0, 0.05) is 0 Å². The van der Waals surface area contributed by atoms with E-state index < -0.39 is 0 Å². The molecule has 0 N–H and O–H groups in total. The summed E-state index contributed by atoms with van der Waals surface area (Å²) in [6, 6.07) is 0. The molecule has 3 atom stereocenters. The Kier molecular flexibility index (Phi) is 1.49. The zero-order valence-corrected chi connectivity index (χ0v) is 9.15. The van der Waals surface area contributed by atoms with E-state index in [9.17, 15) is 0 Å². The van der Waals surface area contributed by atoms with Crippen molar-refractivity contribution in [2.24, 2.45) is 28.6 Å². The topological polar surface area (TPSA) is 0 Å². The Balaban J connectivity index is 2.27. The van der Waals surface area contributed by atoms with Gasteiger partial charge in [-0.05, 0) is 41.4 Å². The molecule has 0 amide bonds. The molecule has 0 aromatic carbocycles. The maximum atomic E-state index is 2.47. The molecule has 3 fully saturated rings. The molecule has 70 valence electrons. The van der Waals surface area contributed by atoms with Crippen molar-refractivity contribution in [2.45, 2.75) is 47.5 Å². The van der Waals surface area contributed by atoms with E-state index in [0.717, 1.165) is 17.8 Å². The standard InChI is InChI=1S/C12H22/c1-8-6-9-7-10(11(8,2)3)12(9,4)5/h8-10H,6-7H2,1-5H3/t8?,9-,10-/m0/s1. The molecule has 0 aromatic heterocycles. The van der Waals surface area contributed by atoms with Crippen LogP contribution in [0.3, 0.4) is 0 Å². The lowest BCUT2D eigenvalue weighted by Gasteiger charge is -2.66. The molecule has 3 saturated carbocycles. The molecule has 3 aliphatic rings. The van der Waals surface area contributed by atoms with Gasteiger partial charge in [-0.2, -0.15) is 0 Å². The van der Waals surface area contributed by atoms with Gasteiger partial charge in [0.05, 0.1) is 0 Å². The monoisotopic (exact) mass is 166 g/mol. The van der Waals surface area contributed by atoms with Gasteiger partial charge in [0.15, 0.2) is 0 Å². The number of rotatable bonds is 0. The molecule has 0 nitrogen and oxygen atoms in total. The van der Waals surface area contributed by atoms with Crippen molar-refractivity contribution in [1.82, 2.24) is 0 Å². The molecular formula is C12H22. The lowest BCUT2D eigenvalue weighted by molar-refractivity contribution is -0.170. The van der Waals surface area contributed by atoms with E-state index in [1.54, 1.807) is 0 Å². The number of fused-ring (bicyclic) bond motifs is 2. The average Bonchev–Trinajstić information content (AvgIpc) is 1.93. The van der Waals surface area contributed by atoms with Crippen LogP contribution in [0.1, 0.15) is 47.5 Å². The SMILES string of the molecule is CC1C[C@H]2C[C@@H](C1(C)C)C2(C)C. The van der Waals surface area contributed by atoms with Crippen molar-refractivity contribution < 1.29 is 0 Å². The first-order valence-electron chi connectivity index (χ1n) is 5.37. The lowest BCUT2D eigenvalue weighted by Crippen LogP contribution is -2.58. The maximum Gasteiger partial charge on any atom is -0.0292 e. The Morgan fingerprint density at radius 3 is 1.83 bits per heavy atom. The largest absolute Gasteiger partial charge is 0.0620 e. The summed E-state index contributed by atoms with van der Waals surface area (Å²) in [5.41, 5.74) is 1.24. The van der Waals surface area contributed by atoms with Crippen LogP contribution < -0.4 is 0 Å². The second kappa shape index (κ2) is 2.08. The summed E-state index contributed by atoms with van der Waals surface area (Å²) in [7, 11) is 0. The predicted octanol–water partition coefficient (Wildman–Crippen LogP) is 3.71. The van der Waals surface area contributed by atoms with E-state index in [-0.39, 0.29) is 0 Å².